The highest BCUT2D eigenvalue weighted by molar-refractivity contribution is 6.03. The second-order valence-electron chi connectivity index (χ2n) is 12.0. The van der Waals surface area contributed by atoms with Crippen LogP contribution in [0.5, 0.6) is 11.5 Å². The number of hydrogen-bond donors (Lipinski definition) is 0. The third-order valence-electron chi connectivity index (χ3n) is 9.01. The van der Waals surface area contributed by atoms with E-state index in [1.54, 1.807) is 12.5 Å². The summed E-state index contributed by atoms with van der Waals surface area (Å²) in [7, 11) is 0. The van der Waals surface area contributed by atoms with Gasteiger partial charge < -0.3 is 9.30 Å². The summed E-state index contributed by atoms with van der Waals surface area (Å²) >= 11 is 0. The first-order valence-corrected chi connectivity index (χ1v) is 16.4. The molecule has 0 N–H and O–H groups in total. The van der Waals surface area contributed by atoms with E-state index in [4.69, 9.17) is 4.74 Å². The predicted octanol–water partition coefficient (Wildman–Crippen LogP) is 10.4. The predicted molar refractivity (Wildman–Crippen MR) is 197 cm³/mol. The molecule has 9 aromatic rings. The van der Waals surface area contributed by atoms with Crippen molar-refractivity contribution in [1.82, 2.24) is 14.1 Å². The van der Waals surface area contributed by atoms with Crippen LogP contribution in [0, 0.1) is 0 Å². The van der Waals surface area contributed by atoms with Crippen LogP contribution in [0.25, 0.3) is 61.1 Å². The highest BCUT2D eigenvalue weighted by atomic mass is 16.5. The summed E-state index contributed by atoms with van der Waals surface area (Å²) in [6.07, 6.45) is 7.71. The molecule has 0 atom stereocenters. The maximum Gasteiger partial charge on any atom is 0.255 e. The first kappa shape index (κ1) is 28.5. The molecule has 0 saturated carbocycles. The van der Waals surface area contributed by atoms with Gasteiger partial charge in [-0.3, -0.25) is 0 Å². The van der Waals surface area contributed by atoms with Gasteiger partial charge in [0.15, 0.2) is 11.0 Å². The number of fused-ring (bicyclic) bond motifs is 3. The Kier molecular flexibility index (Phi) is 7.06. The lowest BCUT2D eigenvalue weighted by Gasteiger charge is -2.13. The lowest BCUT2D eigenvalue weighted by atomic mass is 9.95. The van der Waals surface area contributed by atoms with Crippen molar-refractivity contribution in [1.29, 1.82) is 0 Å². The normalized spacial score (nSPS) is 11.3. The van der Waals surface area contributed by atoms with E-state index in [-0.39, 0.29) is 0 Å². The topological polar surface area (TPSA) is 35.9 Å². The Morgan fingerprint density at radius 1 is 0.551 bits per heavy atom. The van der Waals surface area contributed by atoms with Crippen molar-refractivity contribution in [3.8, 4) is 50.8 Å². The summed E-state index contributed by atoms with van der Waals surface area (Å²) in [5, 5.41) is 2.37. The van der Waals surface area contributed by atoms with E-state index in [1.165, 1.54) is 10.8 Å². The molecule has 5 nitrogen and oxygen atoms in total. The molecular weight excluding hydrogens is 601 g/mol. The third-order valence-corrected chi connectivity index (χ3v) is 9.01. The Hall–Kier alpha value is -6.72. The van der Waals surface area contributed by atoms with E-state index in [9.17, 15) is 0 Å². The zero-order chi connectivity index (χ0) is 32.6. The van der Waals surface area contributed by atoms with Crippen molar-refractivity contribution in [3.63, 3.8) is 0 Å². The van der Waals surface area contributed by atoms with Gasteiger partial charge in [-0.15, -0.1) is 0 Å². The fourth-order valence-corrected chi connectivity index (χ4v) is 6.76. The van der Waals surface area contributed by atoms with Gasteiger partial charge in [-0.2, -0.15) is 9.13 Å². The Balaban J connectivity index is 1.26. The van der Waals surface area contributed by atoms with Crippen LogP contribution in [-0.4, -0.2) is 14.1 Å². The van der Waals surface area contributed by atoms with Crippen molar-refractivity contribution in [2.24, 2.45) is 0 Å². The molecule has 0 aliphatic rings. The minimum atomic E-state index is 0.754. The van der Waals surface area contributed by atoms with Gasteiger partial charge in [0.05, 0.1) is 12.0 Å². The Morgan fingerprint density at radius 2 is 1.18 bits per heavy atom. The van der Waals surface area contributed by atoms with E-state index in [0.29, 0.717) is 0 Å². The van der Waals surface area contributed by atoms with Gasteiger partial charge in [-0.1, -0.05) is 109 Å². The fraction of sp³-hybridized carbons (Fsp3) is 0. The zero-order valence-electron chi connectivity index (χ0n) is 26.6. The van der Waals surface area contributed by atoms with Gasteiger partial charge in [0.25, 0.3) is 6.33 Å². The van der Waals surface area contributed by atoms with E-state index in [1.807, 2.05) is 41.1 Å². The van der Waals surface area contributed by atoms with Crippen LogP contribution < -0.4 is 9.30 Å². The number of nitrogens with zero attached hydrogens (tertiary/aromatic N) is 4. The van der Waals surface area contributed by atoms with Crippen LogP contribution in [-0.2, 0) is 0 Å². The summed E-state index contributed by atoms with van der Waals surface area (Å²) in [6.45, 7) is 0. The minimum absolute atomic E-state index is 0.754. The number of imidazole rings is 2. The van der Waals surface area contributed by atoms with Crippen molar-refractivity contribution in [2.75, 3.05) is 0 Å². The van der Waals surface area contributed by atoms with Crippen LogP contribution in [0.15, 0.2) is 189 Å². The molecule has 232 valence electrons. The summed E-state index contributed by atoms with van der Waals surface area (Å²) in [5.41, 5.74) is 10.0. The van der Waals surface area contributed by atoms with Gasteiger partial charge in [0.2, 0.25) is 0 Å². The molecule has 9 rings (SSSR count). The fourth-order valence-electron chi connectivity index (χ4n) is 6.76. The molecule has 5 heteroatoms. The first-order chi connectivity index (χ1) is 24.3. The standard InChI is InChI=1S/C44H31N4O/c1-3-12-32(13-4-1)39-22-11-23-40(33-14-5-2-6-15-33)43(39)48-31-47(42-25-24-34-16-7-8-21-41(34)44(42)48)36-18-10-20-38(29-36)49-37-19-9-17-35(28-37)46-27-26-45-30-46/h1-31H/q+1. The molecule has 2 heterocycles. The van der Waals surface area contributed by atoms with Gasteiger partial charge >= 0.3 is 0 Å². The highest BCUT2D eigenvalue weighted by Crippen LogP contribution is 2.36. The van der Waals surface area contributed by atoms with Crippen LogP contribution >= 0.6 is 0 Å². The van der Waals surface area contributed by atoms with Gasteiger partial charge in [-0.25, -0.2) is 4.98 Å². The first-order valence-electron chi connectivity index (χ1n) is 16.4. The Morgan fingerprint density at radius 3 is 1.88 bits per heavy atom. The van der Waals surface area contributed by atoms with Gasteiger partial charge in [-0.05, 0) is 59.0 Å². The lowest BCUT2D eigenvalue weighted by Crippen LogP contribution is -2.31. The Labute approximate surface area is 284 Å². The average molecular weight is 632 g/mol. The number of rotatable bonds is 7. The molecule has 0 unspecified atom stereocenters. The highest BCUT2D eigenvalue weighted by Gasteiger charge is 2.26. The number of para-hydroxylation sites is 1. The summed E-state index contributed by atoms with van der Waals surface area (Å²) in [4.78, 5) is 4.19. The van der Waals surface area contributed by atoms with E-state index in [2.05, 4.69) is 154 Å². The van der Waals surface area contributed by atoms with E-state index < -0.39 is 0 Å². The smallest absolute Gasteiger partial charge is 0.255 e. The molecule has 0 radical (unpaired) electrons. The monoisotopic (exact) mass is 631 g/mol. The number of benzene rings is 7. The van der Waals surface area contributed by atoms with Crippen LogP contribution in [0.4, 0.5) is 0 Å². The van der Waals surface area contributed by atoms with E-state index in [0.717, 1.165) is 61.8 Å². The summed E-state index contributed by atoms with van der Waals surface area (Å²) in [5.74, 6) is 1.51. The maximum absolute atomic E-state index is 6.45. The van der Waals surface area contributed by atoms with Crippen molar-refractivity contribution >= 4 is 21.8 Å². The van der Waals surface area contributed by atoms with Gasteiger partial charge in [0.1, 0.15) is 22.9 Å². The quantitative estimate of drug-likeness (QED) is 0.164. The summed E-state index contributed by atoms with van der Waals surface area (Å²) < 4.78 is 13.1. The molecule has 7 aromatic carbocycles. The second-order valence-corrected chi connectivity index (χ2v) is 12.0. The third kappa shape index (κ3) is 5.24. The number of hydrogen-bond acceptors (Lipinski definition) is 2. The van der Waals surface area contributed by atoms with Gasteiger partial charge in [0, 0.05) is 41.0 Å². The van der Waals surface area contributed by atoms with Crippen molar-refractivity contribution in [3.05, 3.63) is 189 Å². The molecule has 0 amide bonds. The lowest BCUT2D eigenvalue weighted by molar-refractivity contribution is -0.565. The molecule has 0 spiro atoms. The molecule has 0 bridgehead atoms. The average Bonchev–Trinajstić information content (AvgIpc) is 3.85. The minimum Gasteiger partial charge on any atom is -0.457 e. The Bertz CT molecular complexity index is 2510. The second kappa shape index (κ2) is 12.1. The zero-order valence-corrected chi connectivity index (χ0v) is 26.6. The van der Waals surface area contributed by atoms with Crippen LogP contribution in [0.3, 0.4) is 0 Å². The molecule has 0 aliphatic carbocycles. The molecular formula is C44H31N4O+. The number of ether oxygens (including phenoxy) is 1. The molecule has 2 aromatic heterocycles. The molecule has 0 aliphatic heterocycles. The number of aromatic nitrogens is 4. The molecule has 0 fully saturated rings. The van der Waals surface area contributed by atoms with Crippen LogP contribution in [0.2, 0.25) is 0 Å². The van der Waals surface area contributed by atoms with Crippen molar-refractivity contribution in [2.45, 2.75) is 0 Å². The van der Waals surface area contributed by atoms with Crippen molar-refractivity contribution < 1.29 is 9.30 Å². The summed E-state index contributed by atoms with van der Waals surface area (Å²) in [6, 6.07) is 57.3. The molecule has 49 heavy (non-hydrogen) atoms. The SMILES string of the molecule is c1ccc(-c2cccc(-c3ccccc3)c2-[n+]2cn(-c3cccc(Oc4cccc(-n5ccnc5)c4)c3)c3ccc4ccccc4c32)cc1. The maximum atomic E-state index is 6.45. The van der Waals surface area contributed by atoms with Crippen LogP contribution in [0.1, 0.15) is 0 Å². The van der Waals surface area contributed by atoms with E-state index >= 15 is 0 Å². The molecule has 0 saturated heterocycles. The largest absolute Gasteiger partial charge is 0.457 e.